The lowest BCUT2D eigenvalue weighted by Gasteiger charge is -2.04. The van der Waals surface area contributed by atoms with Gasteiger partial charge in [-0.2, -0.15) is 0 Å². The van der Waals surface area contributed by atoms with E-state index in [4.69, 9.17) is 0 Å². The summed E-state index contributed by atoms with van der Waals surface area (Å²) in [4.78, 5) is 0. The molecule has 74 valence electrons. The van der Waals surface area contributed by atoms with Gasteiger partial charge in [0.2, 0.25) is 0 Å². The van der Waals surface area contributed by atoms with Crippen molar-refractivity contribution in [3.63, 3.8) is 0 Å². The molecule has 0 aliphatic carbocycles. The van der Waals surface area contributed by atoms with Crippen LogP contribution in [0, 0.1) is 3.57 Å². The maximum atomic E-state index is 2.44. The Morgan fingerprint density at radius 3 is 2.64 bits per heavy atom. The molecule has 0 saturated carbocycles. The molecule has 0 amide bonds. The summed E-state index contributed by atoms with van der Waals surface area (Å²) in [5.74, 6) is 0. The molecule has 0 spiro atoms. The average Bonchev–Trinajstić information content (AvgIpc) is 2.59. The first-order valence-corrected chi connectivity index (χ1v) is 6.90. The lowest BCUT2D eigenvalue weighted by molar-refractivity contribution is 1.10. The quantitative estimate of drug-likeness (QED) is 0.709. The largest absolute Gasteiger partial charge is 0.143 e. The molecule has 2 heteroatoms. The van der Waals surface area contributed by atoms with Crippen molar-refractivity contribution >= 4 is 44.0 Å². The molecule has 1 aromatic heterocycles. The molecular formula is C12H13IS. The molecule has 14 heavy (non-hydrogen) atoms. The highest BCUT2D eigenvalue weighted by molar-refractivity contribution is 14.1. The molecule has 0 nitrogen and oxygen atoms in total. The van der Waals surface area contributed by atoms with E-state index in [0.29, 0.717) is 0 Å². The van der Waals surface area contributed by atoms with Crippen LogP contribution in [0.4, 0.5) is 0 Å². The van der Waals surface area contributed by atoms with Gasteiger partial charge in [0.25, 0.3) is 0 Å². The number of halogens is 1. The maximum absolute atomic E-state index is 2.44. The monoisotopic (exact) mass is 316 g/mol. The van der Waals surface area contributed by atoms with Crippen LogP contribution in [0.15, 0.2) is 17.5 Å². The van der Waals surface area contributed by atoms with E-state index in [9.17, 15) is 0 Å². The molecule has 0 radical (unpaired) electrons. The molecule has 0 unspecified atom stereocenters. The smallest absolute Gasteiger partial charge is 0.0359 e. The molecule has 0 aliphatic heterocycles. The summed E-state index contributed by atoms with van der Waals surface area (Å²) < 4.78 is 2.85. The first-order chi connectivity index (χ1) is 6.76. The molecular weight excluding hydrogens is 303 g/mol. The second kappa shape index (κ2) is 4.19. The Balaban J connectivity index is 2.76. The molecule has 1 aromatic carbocycles. The van der Waals surface area contributed by atoms with Crippen LogP contribution in [0.5, 0.6) is 0 Å². The Bertz CT molecular complexity index is 457. The van der Waals surface area contributed by atoms with Crippen molar-refractivity contribution in [2.75, 3.05) is 0 Å². The average molecular weight is 316 g/mol. The fourth-order valence-corrected chi connectivity index (χ4v) is 3.89. The minimum Gasteiger partial charge on any atom is -0.143 e. The van der Waals surface area contributed by atoms with E-state index in [-0.39, 0.29) is 0 Å². The van der Waals surface area contributed by atoms with Gasteiger partial charge in [0, 0.05) is 19.0 Å². The molecule has 0 saturated heterocycles. The number of fused-ring (bicyclic) bond motifs is 1. The number of hydrogen-bond donors (Lipinski definition) is 0. The van der Waals surface area contributed by atoms with Crippen LogP contribution in [0.3, 0.4) is 0 Å². The van der Waals surface area contributed by atoms with Crippen molar-refractivity contribution in [1.29, 1.82) is 0 Å². The molecule has 0 aliphatic rings. The summed E-state index contributed by atoms with van der Waals surface area (Å²) >= 11 is 4.30. The summed E-state index contributed by atoms with van der Waals surface area (Å²) in [7, 11) is 0. The fourth-order valence-electron chi connectivity index (χ4n) is 1.76. The Labute approximate surface area is 102 Å². The Morgan fingerprint density at radius 1 is 1.21 bits per heavy atom. The van der Waals surface area contributed by atoms with Crippen LogP contribution in [0.1, 0.15) is 25.0 Å². The summed E-state index contributed by atoms with van der Waals surface area (Å²) in [6.07, 6.45) is 2.27. The molecule has 0 atom stereocenters. The van der Waals surface area contributed by atoms with Gasteiger partial charge in [0.05, 0.1) is 0 Å². The van der Waals surface area contributed by atoms with Crippen molar-refractivity contribution in [3.8, 4) is 0 Å². The highest BCUT2D eigenvalue weighted by Gasteiger charge is 2.07. The summed E-state index contributed by atoms with van der Waals surface area (Å²) in [5.41, 5.74) is 2.97. The maximum Gasteiger partial charge on any atom is 0.0359 e. The zero-order valence-electron chi connectivity index (χ0n) is 8.43. The summed E-state index contributed by atoms with van der Waals surface area (Å²) in [5, 5.41) is 3.74. The van der Waals surface area contributed by atoms with Crippen molar-refractivity contribution in [2.45, 2.75) is 26.7 Å². The third-order valence-electron chi connectivity index (χ3n) is 2.56. The number of rotatable bonds is 2. The van der Waals surface area contributed by atoms with E-state index in [1.165, 1.54) is 24.8 Å². The van der Waals surface area contributed by atoms with Gasteiger partial charge in [-0.3, -0.25) is 0 Å². The van der Waals surface area contributed by atoms with Crippen molar-refractivity contribution in [2.24, 2.45) is 0 Å². The second-order valence-electron chi connectivity index (χ2n) is 3.42. The number of thiophene rings is 1. The van der Waals surface area contributed by atoms with Gasteiger partial charge in [-0.15, -0.1) is 11.3 Å². The topological polar surface area (TPSA) is 0 Å². The van der Waals surface area contributed by atoms with Gasteiger partial charge in [-0.1, -0.05) is 19.9 Å². The molecule has 2 rings (SSSR count). The zero-order valence-corrected chi connectivity index (χ0v) is 11.4. The zero-order chi connectivity index (χ0) is 10.1. The molecule has 0 fully saturated rings. The van der Waals surface area contributed by atoms with E-state index < -0.39 is 0 Å². The first-order valence-electron chi connectivity index (χ1n) is 4.94. The van der Waals surface area contributed by atoms with Gasteiger partial charge in [-0.05, 0) is 52.6 Å². The number of benzene rings is 1. The molecule has 2 aromatic rings. The van der Waals surface area contributed by atoms with E-state index in [2.05, 4.69) is 54.0 Å². The predicted molar refractivity (Wildman–Crippen MR) is 73.3 cm³/mol. The summed E-state index contributed by atoms with van der Waals surface area (Å²) in [6.45, 7) is 4.46. The van der Waals surface area contributed by atoms with Crippen LogP contribution in [-0.4, -0.2) is 0 Å². The Kier molecular flexibility index (Phi) is 3.12. The minimum absolute atomic E-state index is 1.14. The van der Waals surface area contributed by atoms with Crippen LogP contribution in [0.25, 0.3) is 10.1 Å². The fraction of sp³-hybridized carbons (Fsp3) is 0.333. The van der Waals surface area contributed by atoms with Crippen LogP contribution in [0.2, 0.25) is 0 Å². The third kappa shape index (κ3) is 1.70. The predicted octanol–water partition coefficient (Wildman–Crippen LogP) is 4.63. The van der Waals surface area contributed by atoms with Gasteiger partial charge in [0.1, 0.15) is 0 Å². The molecule has 0 N–H and O–H groups in total. The van der Waals surface area contributed by atoms with Crippen LogP contribution in [-0.2, 0) is 12.8 Å². The standard InChI is InChI=1S/C12H13IS/c1-3-8-5-9(4-2)12-10(13)7-14-11(12)6-8/h5-7H,3-4H2,1-2H3. The van der Waals surface area contributed by atoms with E-state index in [1.807, 2.05) is 11.3 Å². The van der Waals surface area contributed by atoms with Crippen LogP contribution >= 0.6 is 33.9 Å². The van der Waals surface area contributed by atoms with Gasteiger partial charge in [-0.25, -0.2) is 0 Å². The highest BCUT2D eigenvalue weighted by Crippen LogP contribution is 2.31. The minimum atomic E-state index is 1.14. The van der Waals surface area contributed by atoms with Crippen molar-refractivity contribution in [1.82, 2.24) is 0 Å². The normalized spacial score (nSPS) is 11.1. The van der Waals surface area contributed by atoms with Gasteiger partial charge in [0.15, 0.2) is 0 Å². The SMILES string of the molecule is CCc1cc(CC)c2c(I)csc2c1. The highest BCUT2D eigenvalue weighted by atomic mass is 127. The van der Waals surface area contributed by atoms with Gasteiger partial charge < -0.3 is 0 Å². The lowest BCUT2D eigenvalue weighted by Crippen LogP contribution is -1.87. The van der Waals surface area contributed by atoms with Crippen molar-refractivity contribution in [3.05, 3.63) is 32.2 Å². The third-order valence-corrected chi connectivity index (χ3v) is 4.76. The second-order valence-corrected chi connectivity index (χ2v) is 5.49. The van der Waals surface area contributed by atoms with Crippen LogP contribution < -0.4 is 0 Å². The van der Waals surface area contributed by atoms with E-state index in [1.54, 1.807) is 0 Å². The molecule has 1 heterocycles. The first kappa shape index (κ1) is 10.4. The lowest BCUT2D eigenvalue weighted by atomic mass is 10.0. The Hall–Kier alpha value is -0.0900. The van der Waals surface area contributed by atoms with Gasteiger partial charge >= 0.3 is 0 Å². The number of aryl methyl sites for hydroxylation is 2. The van der Waals surface area contributed by atoms with Crippen molar-refractivity contribution < 1.29 is 0 Å². The van der Waals surface area contributed by atoms with E-state index >= 15 is 0 Å². The summed E-state index contributed by atoms with van der Waals surface area (Å²) in [6, 6.07) is 4.69. The van der Waals surface area contributed by atoms with E-state index in [0.717, 1.165) is 12.8 Å². The molecule has 0 bridgehead atoms. The number of hydrogen-bond acceptors (Lipinski definition) is 1. The Morgan fingerprint density at radius 2 is 2.00 bits per heavy atom.